The number of aromatic nitrogens is 2. The number of rotatable bonds is 5. The average molecular weight is 596 g/mol. The van der Waals surface area contributed by atoms with Gasteiger partial charge in [0, 0.05) is 20.7 Å². The van der Waals surface area contributed by atoms with E-state index in [1.54, 1.807) is 41.1 Å². The maximum atomic E-state index is 13.2. The number of anilines is 1. The molecule has 37 heavy (non-hydrogen) atoms. The summed E-state index contributed by atoms with van der Waals surface area (Å²) in [4.78, 5) is 13.2. The molecule has 0 saturated carbocycles. The molecule has 10 heteroatoms. The Balaban J connectivity index is 1.43. The molecule has 0 bridgehead atoms. The van der Waals surface area contributed by atoms with Crippen molar-refractivity contribution in [1.82, 2.24) is 9.78 Å². The Kier molecular flexibility index (Phi) is 6.63. The summed E-state index contributed by atoms with van der Waals surface area (Å²) in [6.07, 6.45) is 0. The van der Waals surface area contributed by atoms with Crippen molar-refractivity contribution in [1.29, 1.82) is 0 Å². The van der Waals surface area contributed by atoms with E-state index in [9.17, 15) is 13.2 Å². The third-order valence-electron chi connectivity index (χ3n) is 5.80. The van der Waals surface area contributed by atoms with Gasteiger partial charge in [0.2, 0.25) is 10.0 Å². The Labute approximate surface area is 227 Å². The highest BCUT2D eigenvalue weighted by molar-refractivity contribution is 9.10. The van der Waals surface area contributed by atoms with E-state index in [1.165, 1.54) is 12.1 Å². The van der Waals surface area contributed by atoms with E-state index in [0.29, 0.717) is 33.2 Å². The van der Waals surface area contributed by atoms with E-state index in [0.717, 1.165) is 20.9 Å². The fraction of sp³-hybridized carbons (Fsp3) is 0.0370. The molecule has 0 aliphatic rings. The van der Waals surface area contributed by atoms with Gasteiger partial charge in [-0.3, -0.25) is 4.79 Å². The zero-order valence-corrected chi connectivity index (χ0v) is 22.6. The molecule has 4 aromatic carbocycles. The number of hydrogen-bond acceptors (Lipinski definition) is 4. The third kappa shape index (κ3) is 5.30. The maximum Gasteiger partial charge on any atom is 0.274 e. The number of hydrogen-bond donors (Lipinski definition) is 2. The van der Waals surface area contributed by atoms with Gasteiger partial charge in [0.15, 0.2) is 0 Å². The van der Waals surface area contributed by atoms with Crippen LogP contribution >= 0.6 is 27.5 Å². The number of halogens is 2. The number of amides is 1. The predicted molar refractivity (Wildman–Crippen MR) is 150 cm³/mol. The minimum absolute atomic E-state index is 0.0317. The Morgan fingerprint density at radius 1 is 0.946 bits per heavy atom. The first-order valence-electron chi connectivity index (χ1n) is 11.1. The fourth-order valence-electron chi connectivity index (χ4n) is 4.10. The standard InChI is InChI=1S/C27H20BrClN4O3S/c1-16-12-25(33(32-16)23-10-5-18-13-20(28)6-2-19(18)14-23)27(34)31-22-8-3-17(4-9-22)24-15-21(29)7-11-26(24)37(30,35)36/h2-15H,1H3,(H,31,34)(H2,30,35,36). The van der Waals surface area contributed by atoms with Gasteiger partial charge in [0.1, 0.15) is 5.69 Å². The van der Waals surface area contributed by atoms with Gasteiger partial charge in [0.05, 0.1) is 16.3 Å². The van der Waals surface area contributed by atoms with Crippen LogP contribution < -0.4 is 10.5 Å². The Morgan fingerprint density at radius 3 is 2.38 bits per heavy atom. The number of carbonyl (C=O) groups excluding carboxylic acids is 1. The normalized spacial score (nSPS) is 11.6. The zero-order valence-electron chi connectivity index (χ0n) is 19.4. The topological polar surface area (TPSA) is 107 Å². The Hall–Kier alpha value is -3.50. The second-order valence-corrected chi connectivity index (χ2v) is 11.4. The number of fused-ring (bicyclic) bond motifs is 1. The summed E-state index contributed by atoms with van der Waals surface area (Å²) >= 11 is 9.57. The number of benzene rings is 4. The smallest absolute Gasteiger partial charge is 0.274 e. The number of primary sulfonamides is 1. The van der Waals surface area contributed by atoms with E-state index in [-0.39, 0.29) is 10.8 Å². The predicted octanol–water partition coefficient (Wildman–Crippen LogP) is 6.32. The van der Waals surface area contributed by atoms with Crippen LogP contribution in [0.25, 0.3) is 27.6 Å². The van der Waals surface area contributed by atoms with Gasteiger partial charge in [-0.1, -0.05) is 51.8 Å². The van der Waals surface area contributed by atoms with Gasteiger partial charge >= 0.3 is 0 Å². The first kappa shape index (κ1) is 25.2. The molecule has 0 saturated heterocycles. The van der Waals surface area contributed by atoms with Crippen LogP contribution in [0.15, 0.2) is 94.3 Å². The number of nitrogens with one attached hydrogen (secondary N) is 1. The van der Waals surface area contributed by atoms with Crippen LogP contribution in [0.5, 0.6) is 0 Å². The van der Waals surface area contributed by atoms with E-state index in [1.807, 2.05) is 43.3 Å². The molecule has 0 atom stereocenters. The summed E-state index contributed by atoms with van der Waals surface area (Å²) in [5.41, 5.74) is 3.34. The second-order valence-electron chi connectivity index (χ2n) is 8.48. The van der Waals surface area contributed by atoms with E-state index in [2.05, 4.69) is 26.3 Å². The number of carbonyl (C=O) groups is 1. The third-order valence-corrected chi connectivity index (χ3v) is 7.49. The highest BCUT2D eigenvalue weighted by atomic mass is 79.9. The number of nitrogens with zero attached hydrogens (tertiary/aromatic N) is 2. The second kappa shape index (κ2) is 9.75. The van der Waals surface area contributed by atoms with E-state index < -0.39 is 10.0 Å². The van der Waals surface area contributed by atoms with Crippen molar-refractivity contribution in [2.24, 2.45) is 5.14 Å². The fourth-order valence-corrected chi connectivity index (χ4v) is 5.39. The molecule has 0 aliphatic carbocycles. The van der Waals surface area contributed by atoms with Crippen LogP contribution in [0.4, 0.5) is 5.69 Å². The first-order chi connectivity index (χ1) is 17.6. The molecule has 0 unspecified atom stereocenters. The lowest BCUT2D eigenvalue weighted by Crippen LogP contribution is -2.17. The molecule has 0 fully saturated rings. The van der Waals surface area contributed by atoms with Crippen molar-refractivity contribution in [3.63, 3.8) is 0 Å². The lowest BCUT2D eigenvalue weighted by atomic mass is 10.1. The van der Waals surface area contributed by atoms with Crippen molar-refractivity contribution in [2.45, 2.75) is 11.8 Å². The molecule has 7 nitrogen and oxygen atoms in total. The first-order valence-corrected chi connectivity index (χ1v) is 13.8. The molecule has 186 valence electrons. The summed E-state index contributed by atoms with van der Waals surface area (Å²) in [7, 11) is -3.95. The van der Waals surface area contributed by atoms with Gasteiger partial charge in [-0.05, 0) is 83.9 Å². The SMILES string of the molecule is Cc1cc(C(=O)Nc2ccc(-c3cc(Cl)ccc3S(N)(=O)=O)cc2)n(-c2ccc3cc(Br)ccc3c2)n1. The maximum absolute atomic E-state index is 13.2. The van der Waals surface area contributed by atoms with E-state index >= 15 is 0 Å². The average Bonchev–Trinajstić information content (AvgIpc) is 3.25. The van der Waals surface area contributed by atoms with Gasteiger partial charge in [0.25, 0.3) is 5.91 Å². The van der Waals surface area contributed by atoms with Gasteiger partial charge < -0.3 is 5.32 Å². The number of sulfonamides is 1. The van der Waals surface area contributed by atoms with Crippen LogP contribution in [0.1, 0.15) is 16.2 Å². The van der Waals surface area contributed by atoms with Crippen molar-refractivity contribution in [3.8, 4) is 16.8 Å². The Bertz CT molecular complexity index is 1780. The van der Waals surface area contributed by atoms with Crippen LogP contribution in [-0.4, -0.2) is 24.1 Å². The lowest BCUT2D eigenvalue weighted by molar-refractivity contribution is 0.101. The molecular formula is C27H20BrClN4O3S. The summed E-state index contributed by atoms with van der Waals surface area (Å²) in [6.45, 7) is 1.83. The monoisotopic (exact) mass is 594 g/mol. The van der Waals surface area contributed by atoms with E-state index in [4.69, 9.17) is 16.7 Å². The molecule has 5 aromatic rings. The molecule has 3 N–H and O–H groups in total. The molecular weight excluding hydrogens is 576 g/mol. The molecule has 1 heterocycles. The van der Waals surface area contributed by atoms with Crippen LogP contribution in [0, 0.1) is 6.92 Å². The van der Waals surface area contributed by atoms with Crippen molar-refractivity contribution in [2.75, 3.05) is 5.32 Å². The van der Waals surface area contributed by atoms with Crippen molar-refractivity contribution >= 4 is 59.9 Å². The highest BCUT2D eigenvalue weighted by Crippen LogP contribution is 2.31. The summed E-state index contributed by atoms with van der Waals surface area (Å²) < 4.78 is 26.6. The minimum atomic E-state index is -3.95. The van der Waals surface area contributed by atoms with Crippen LogP contribution in [0.3, 0.4) is 0 Å². The highest BCUT2D eigenvalue weighted by Gasteiger charge is 2.18. The largest absolute Gasteiger partial charge is 0.321 e. The van der Waals surface area contributed by atoms with Gasteiger partial charge in [-0.25, -0.2) is 18.2 Å². The molecule has 0 spiro atoms. The van der Waals surface area contributed by atoms with Crippen molar-refractivity contribution in [3.05, 3.63) is 106 Å². The van der Waals surface area contributed by atoms with Crippen LogP contribution in [0.2, 0.25) is 5.02 Å². The summed E-state index contributed by atoms with van der Waals surface area (Å²) in [5.74, 6) is -0.336. The van der Waals surface area contributed by atoms with Gasteiger partial charge in [-0.15, -0.1) is 0 Å². The number of aryl methyl sites for hydroxylation is 1. The molecule has 5 rings (SSSR count). The molecule has 1 aromatic heterocycles. The molecule has 1 amide bonds. The molecule has 0 aliphatic heterocycles. The minimum Gasteiger partial charge on any atom is -0.321 e. The van der Waals surface area contributed by atoms with Gasteiger partial charge in [-0.2, -0.15) is 5.10 Å². The summed E-state index contributed by atoms with van der Waals surface area (Å²) in [5, 5.41) is 15.3. The Morgan fingerprint density at radius 2 is 1.65 bits per heavy atom. The zero-order chi connectivity index (χ0) is 26.3. The molecule has 0 radical (unpaired) electrons. The quantitative estimate of drug-likeness (QED) is 0.248. The van der Waals surface area contributed by atoms with Crippen LogP contribution in [-0.2, 0) is 10.0 Å². The number of nitrogens with two attached hydrogens (primary N) is 1. The van der Waals surface area contributed by atoms with Crippen molar-refractivity contribution < 1.29 is 13.2 Å². The lowest BCUT2D eigenvalue weighted by Gasteiger charge is -2.11. The summed E-state index contributed by atoms with van der Waals surface area (Å²) in [6, 6.07) is 24.7.